The molecule has 2 N–H and O–H groups in total. The van der Waals surface area contributed by atoms with Crippen LogP contribution in [0.2, 0.25) is 0 Å². The Kier molecular flexibility index (Phi) is 2.46. The van der Waals surface area contributed by atoms with Crippen LogP contribution >= 0.6 is 0 Å². The van der Waals surface area contributed by atoms with Gasteiger partial charge in [-0.05, 0) is 38.0 Å². The lowest BCUT2D eigenvalue weighted by Gasteiger charge is -2.19. The quantitative estimate of drug-likeness (QED) is 0.830. The minimum absolute atomic E-state index is 0.539. The fourth-order valence-electron chi connectivity index (χ4n) is 1.86. The first kappa shape index (κ1) is 10.7. The highest BCUT2D eigenvalue weighted by Gasteiger charge is 2.27. The largest absolute Gasteiger partial charge is 0.481 e. The number of hydrogen-bond acceptors (Lipinski definition) is 1. The average molecular weight is 217 g/mol. The maximum absolute atomic E-state index is 11.1. The van der Waals surface area contributed by atoms with Gasteiger partial charge in [-0.3, -0.25) is 4.79 Å². The summed E-state index contributed by atoms with van der Waals surface area (Å²) < 4.78 is 0. The van der Waals surface area contributed by atoms with E-state index >= 15 is 0 Å². The summed E-state index contributed by atoms with van der Waals surface area (Å²) in [7, 11) is 0. The van der Waals surface area contributed by atoms with Crippen LogP contribution in [-0.2, 0) is 11.2 Å². The SMILES string of the molecule is CC(C)(Cc1cccc2[nH]ccc12)C(=O)O. The van der Waals surface area contributed by atoms with Gasteiger partial charge in [0.05, 0.1) is 5.41 Å². The summed E-state index contributed by atoms with van der Waals surface area (Å²) in [5, 5.41) is 10.2. The molecule has 0 aliphatic carbocycles. The highest BCUT2D eigenvalue weighted by Crippen LogP contribution is 2.26. The molecule has 3 nitrogen and oxygen atoms in total. The van der Waals surface area contributed by atoms with Gasteiger partial charge < -0.3 is 10.1 Å². The summed E-state index contributed by atoms with van der Waals surface area (Å²) in [5.74, 6) is -0.764. The Hall–Kier alpha value is -1.77. The van der Waals surface area contributed by atoms with Crippen molar-refractivity contribution in [3.05, 3.63) is 36.0 Å². The number of benzene rings is 1. The van der Waals surface area contributed by atoms with Gasteiger partial charge >= 0.3 is 5.97 Å². The van der Waals surface area contributed by atoms with Crippen molar-refractivity contribution in [2.75, 3.05) is 0 Å². The van der Waals surface area contributed by atoms with Crippen molar-refractivity contribution < 1.29 is 9.90 Å². The number of aromatic nitrogens is 1. The van der Waals surface area contributed by atoms with Crippen LogP contribution in [-0.4, -0.2) is 16.1 Å². The number of aliphatic carboxylic acids is 1. The molecular formula is C13H15NO2. The zero-order valence-electron chi connectivity index (χ0n) is 9.45. The lowest BCUT2D eigenvalue weighted by molar-refractivity contribution is -0.146. The maximum atomic E-state index is 11.1. The second-order valence-electron chi connectivity index (χ2n) is 4.72. The third kappa shape index (κ3) is 1.81. The normalized spacial score (nSPS) is 11.9. The first-order valence-electron chi connectivity index (χ1n) is 5.29. The van der Waals surface area contributed by atoms with E-state index in [2.05, 4.69) is 4.98 Å². The molecule has 0 spiro atoms. The zero-order valence-corrected chi connectivity index (χ0v) is 9.45. The number of hydrogen-bond donors (Lipinski definition) is 2. The first-order valence-corrected chi connectivity index (χ1v) is 5.29. The lowest BCUT2D eigenvalue weighted by Crippen LogP contribution is -2.26. The lowest BCUT2D eigenvalue weighted by atomic mass is 9.85. The summed E-state index contributed by atoms with van der Waals surface area (Å²) in [6.45, 7) is 3.50. The van der Waals surface area contributed by atoms with Crippen LogP contribution in [0, 0.1) is 5.41 Å². The molecule has 1 aromatic carbocycles. The predicted molar refractivity (Wildman–Crippen MR) is 63.4 cm³/mol. The summed E-state index contributed by atoms with van der Waals surface area (Å²) in [5.41, 5.74) is 1.40. The number of fused-ring (bicyclic) bond motifs is 1. The molecule has 2 aromatic rings. The molecule has 2 rings (SSSR count). The van der Waals surface area contributed by atoms with E-state index in [1.807, 2.05) is 30.5 Å². The molecule has 0 amide bonds. The summed E-state index contributed by atoms with van der Waals surface area (Å²) in [6, 6.07) is 7.92. The monoisotopic (exact) mass is 217 g/mol. The standard InChI is InChI=1S/C13H15NO2/c1-13(2,12(15)16)8-9-4-3-5-11-10(9)6-7-14-11/h3-7,14H,8H2,1-2H3,(H,15,16). The van der Waals surface area contributed by atoms with E-state index in [9.17, 15) is 4.79 Å². The number of carbonyl (C=O) groups is 1. The Labute approximate surface area is 94.1 Å². The molecule has 1 aromatic heterocycles. The van der Waals surface area contributed by atoms with Crippen LogP contribution in [0.15, 0.2) is 30.5 Å². The maximum Gasteiger partial charge on any atom is 0.309 e. The molecule has 0 aliphatic heterocycles. The van der Waals surface area contributed by atoms with Crippen molar-refractivity contribution >= 4 is 16.9 Å². The number of carboxylic acid groups (broad SMARTS) is 1. The van der Waals surface area contributed by atoms with Crippen molar-refractivity contribution in [1.29, 1.82) is 0 Å². The van der Waals surface area contributed by atoms with E-state index in [1.54, 1.807) is 13.8 Å². The Morgan fingerprint density at radius 3 is 2.81 bits per heavy atom. The molecule has 16 heavy (non-hydrogen) atoms. The van der Waals surface area contributed by atoms with Crippen LogP contribution in [0.5, 0.6) is 0 Å². The number of rotatable bonds is 3. The number of carboxylic acids is 1. The van der Waals surface area contributed by atoms with Gasteiger partial charge in [0.1, 0.15) is 0 Å². The van der Waals surface area contributed by atoms with Crippen molar-refractivity contribution in [2.45, 2.75) is 20.3 Å². The molecule has 84 valence electrons. The van der Waals surface area contributed by atoms with E-state index in [0.717, 1.165) is 16.5 Å². The van der Waals surface area contributed by atoms with Gasteiger partial charge in [-0.25, -0.2) is 0 Å². The van der Waals surface area contributed by atoms with E-state index in [4.69, 9.17) is 5.11 Å². The molecule has 0 unspecified atom stereocenters. The van der Waals surface area contributed by atoms with E-state index in [1.165, 1.54) is 0 Å². The van der Waals surface area contributed by atoms with E-state index < -0.39 is 11.4 Å². The van der Waals surface area contributed by atoms with Gasteiger partial charge in [0.2, 0.25) is 0 Å². The Morgan fingerprint density at radius 1 is 1.38 bits per heavy atom. The second-order valence-corrected chi connectivity index (χ2v) is 4.72. The minimum atomic E-state index is -0.764. The number of nitrogens with one attached hydrogen (secondary N) is 1. The minimum Gasteiger partial charge on any atom is -0.481 e. The van der Waals surface area contributed by atoms with Crippen LogP contribution in [0.4, 0.5) is 0 Å². The summed E-state index contributed by atoms with van der Waals surface area (Å²) in [4.78, 5) is 14.2. The molecule has 3 heteroatoms. The van der Waals surface area contributed by atoms with Gasteiger partial charge in [0.25, 0.3) is 0 Å². The molecular weight excluding hydrogens is 202 g/mol. The third-order valence-electron chi connectivity index (χ3n) is 2.90. The zero-order chi connectivity index (χ0) is 11.8. The second kappa shape index (κ2) is 3.67. The number of aromatic amines is 1. The van der Waals surface area contributed by atoms with Gasteiger partial charge in [-0.1, -0.05) is 12.1 Å². The Balaban J connectivity index is 2.41. The third-order valence-corrected chi connectivity index (χ3v) is 2.90. The van der Waals surface area contributed by atoms with Crippen LogP contribution in [0.3, 0.4) is 0 Å². The smallest absolute Gasteiger partial charge is 0.309 e. The molecule has 0 saturated carbocycles. The fourth-order valence-corrected chi connectivity index (χ4v) is 1.86. The average Bonchev–Trinajstić information content (AvgIpc) is 2.65. The van der Waals surface area contributed by atoms with E-state index in [-0.39, 0.29) is 0 Å². The molecule has 0 radical (unpaired) electrons. The summed E-state index contributed by atoms with van der Waals surface area (Å²) in [6.07, 6.45) is 2.42. The molecule has 0 atom stereocenters. The van der Waals surface area contributed by atoms with Gasteiger partial charge in [0, 0.05) is 17.1 Å². The topological polar surface area (TPSA) is 53.1 Å². The van der Waals surface area contributed by atoms with Gasteiger partial charge in [0.15, 0.2) is 0 Å². The van der Waals surface area contributed by atoms with Crippen LogP contribution in [0.25, 0.3) is 10.9 Å². The molecule has 0 saturated heterocycles. The Bertz CT molecular complexity index is 525. The molecule has 0 fully saturated rings. The molecule has 1 heterocycles. The van der Waals surface area contributed by atoms with Crippen molar-refractivity contribution in [3.8, 4) is 0 Å². The Morgan fingerprint density at radius 2 is 2.12 bits per heavy atom. The van der Waals surface area contributed by atoms with Gasteiger partial charge in [-0.15, -0.1) is 0 Å². The summed E-state index contributed by atoms with van der Waals surface area (Å²) >= 11 is 0. The highest BCUT2D eigenvalue weighted by molar-refractivity contribution is 5.84. The van der Waals surface area contributed by atoms with Gasteiger partial charge in [-0.2, -0.15) is 0 Å². The fraction of sp³-hybridized carbons (Fsp3) is 0.308. The highest BCUT2D eigenvalue weighted by atomic mass is 16.4. The van der Waals surface area contributed by atoms with Crippen molar-refractivity contribution in [3.63, 3.8) is 0 Å². The number of H-pyrrole nitrogens is 1. The molecule has 0 aliphatic rings. The first-order chi connectivity index (χ1) is 7.50. The van der Waals surface area contributed by atoms with E-state index in [0.29, 0.717) is 6.42 Å². The predicted octanol–water partition coefficient (Wildman–Crippen LogP) is 2.82. The van der Waals surface area contributed by atoms with Crippen LogP contribution in [0.1, 0.15) is 19.4 Å². The van der Waals surface area contributed by atoms with Crippen molar-refractivity contribution in [2.24, 2.45) is 5.41 Å². The van der Waals surface area contributed by atoms with Crippen molar-refractivity contribution in [1.82, 2.24) is 4.98 Å². The molecule has 0 bridgehead atoms. The van der Waals surface area contributed by atoms with Crippen LogP contribution < -0.4 is 0 Å².